The number of benzene rings is 1. The van der Waals surface area contributed by atoms with E-state index in [1.54, 1.807) is 0 Å². The first-order valence-electron chi connectivity index (χ1n) is 6.77. The number of rotatable bonds is 5. The molecular formula is C15H24ClNO. The third kappa shape index (κ3) is 3.39. The van der Waals surface area contributed by atoms with Gasteiger partial charge in [-0.05, 0) is 61.8 Å². The fourth-order valence-electron chi connectivity index (χ4n) is 2.53. The van der Waals surface area contributed by atoms with Crippen LogP contribution in [-0.4, -0.2) is 12.6 Å². The van der Waals surface area contributed by atoms with E-state index in [1.807, 2.05) is 6.92 Å². The molecule has 0 amide bonds. The third-order valence-electron chi connectivity index (χ3n) is 3.58. The fraction of sp³-hybridized carbons (Fsp3) is 0.600. The average Bonchev–Trinajstić information content (AvgIpc) is 2.76. The average molecular weight is 270 g/mol. The summed E-state index contributed by atoms with van der Waals surface area (Å²) in [5.74, 6) is 1.05. The summed E-state index contributed by atoms with van der Waals surface area (Å²) in [4.78, 5) is 0. The van der Waals surface area contributed by atoms with E-state index in [9.17, 15) is 0 Å². The van der Waals surface area contributed by atoms with Crippen LogP contribution in [-0.2, 0) is 19.3 Å². The van der Waals surface area contributed by atoms with Gasteiger partial charge in [-0.25, -0.2) is 0 Å². The Balaban J connectivity index is 0.00000162. The number of halogens is 1. The van der Waals surface area contributed by atoms with E-state index in [2.05, 4.69) is 19.1 Å². The van der Waals surface area contributed by atoms with Crippen molar-refractivity contribution in [3.8, 4) is 5.75 Å². The second-order valence-corrected chi connectivity index (χ2v) is 4.89. The molecule has 0 saturated carbocycles. The van der Waals surface area contributed by atoms with Crippen molar-refractivity contribution in [2.45, 2.75) is 52.0 Å². The smallest absolute Gasteiger partial charge is 0.122 e. The molecule has 1 atom stereocenters. The summed E-state index contributed by atoms with van der Waals surface area (Å²) in [5.41, 5.74) is 10.3. The predicted molar refractivity (Wildman–Crippen MR) is 78.9 cm³/mol. The Hall–Kier alpha value is -0.730. The highest BCUT2D eigenvalue weighted by Gasteiger charge is 2.16. The highest BCUT2D eigenvalue weighted by atomic mass is 35.5. The van der Waals surface area contributed by atoms with Gasteiger partial charge in [0.15, 0.2) is 0 Å². The molecule has 0 heterocycles. The molecule has 0 saturated heterocycles. The molecule has 0 aromatic heterocycles. The zero-order chi connectivity index (χ0) is 12.3. The molecule has 102 valence electrons. The summed E-state index contributed by atoms with van der Waals surface area (Å²) in [6.07, 6.45) is 5.65. The van der Waals surface area contributed by atoms with Crippen LogP contribution in [0, 0.1) is 0 Å². The van der Waals surface area contributed by atoms with Crippen molar-refractivity contribution in [2.75, 3.05) is 6.61 Å². The Kier molecular flexibility index (Phi) is 5.97. The van der Waals surface area contributed by atoms with Gasteiger partial charge in [0.05, 0.1) is 6.61 Å². The van der Waals surface area contributed by atoms with Crippen molar-refractivity contribution < 1.29 is 4.74 Å². The quantitative estimate of drug-likeness (QED) is 0.890. The Morgan fingerprint density at radius 3 is 2.50 bits per heavy atom. The molecule has 0 fully saturated rings. The van der Waals surface area contributed by atoms with E-state index in [0.717, 1.165) is 25.2 Å². The first-order valence-corrected chi connectivity index (χ1v) is 6.77. The molecule has 0 aliphatic heterocycles. The largest absolute Gasteiger partial charge is 0.494 e. The van der Waals surface area contributed by atoms with E-state index in [4.69, 9.17) is 10.5 Å². The number of aryl methyl sites for hydroxylation is 2. The van der Waals surface area contributed by atoms with Crippen molar-refractivity contribution >= 4 is 12.4 Å². The van der Waals surface area contributed by atoms with Crippen molar-refractivity contribution in [3.05, 3.63) is 28.8 Å². The number of ether oxygens (including phenoxy) is 1. The maximum Gasteiger partial charge on any atom is 0.122 e. The fourth-order valence-corrected chi connectivity index (χ4v) is 2.53. The maximum absolute atomic E-state index is 6.06. The highest BCUT2D eigenvalue weighted by Crippen LogP contribution is 2.30. The van der Waals surface area contributed by atoms with Gasteiger partial charge in [0.25, 0.3) is 0 Å². The number of hydrogen-bond acceptors (Lipinski definition) is 2. The standard InChI is InChI=1S/C15H23NO.ClH/c1-3-14(16)9-13-8-11-6-5-7-12(11)10-15(13)17-4-2;/h8,10,14H,3-7,9,16H2,1-2H3;1H. The molecule has 1 aliphatic carbocycles. The maximum atomic E-state index is 6.06. The van der Waals surface area contributed by atoms with Crippen molar-refractivity contribution in [1.29, 1.82) is 0 Å². The van der Waals surface area contributed by atoms with Gasteiger partial charge in [-0.3, -0.25) is 0 Å². The van der Waals surface area contributed by atoms with Crippen LogP contribution in [0.3, 0.4) is 0 Å². The van der Waals surface area contributed by atoms with E-state index in [-0.39, 0.29) is 18.4 Å². The Bertz CT molecular complexity index is 392. The molecule has 0 spiro atoms. The predicted octanol–water partition coefficient (Wildman–Crippen LogP) is 3.28. The number of nitrogens with two attached hydrogens (primary N) is 1. The molecule has 1 aromatic carbocycles. The van der Waals surface area contributed by atoms with Crippen molar-refractivity contribution in [1.82, 2.24) is 0 Å². The molecule has 3 heteroatoms. The molecule has 0 radical (unpaired) electrons. The van der Waals surface area contributed by atoms with E-state index >= 15 is 0 Å². The molecule has 2 N–H and O–H groups in total. The summed E-state index contributed by atoms with van der Waals surface area (Å²) in [5, 5.41) is 0. The molecule has 0 bridgehead atoms. The van der Waals surface area contributed by atoms with Crippen LogP contribution in [0.25, 0.3) is 0 Å². The van der Waals surface area contributed by atoms with Crippen LogP contribution >= 0.6 is 12.4 Å². The summed E-state index contributed by atoms with van der Waals surface area (Å²) < 4.78 is 5.75. The van der Waals surface area contributed by atoms with Gasteiger partial charge in [0, 0.05) is 6.04 Å². The lowest BCUT2D eigenvalue weighted by atomic mass is 9.99. The lowest BCUT2D eigenvalue weighted by Crippen LogP contribution is -2.22. The number of fused-ring (bicyclic) bond motifs is 1. The third-order valence-corrected chi connectivity index (χ3v) is 3.58. The first-order chi connectivity index (χ1) is 8.24. The summed E-state index contributed by atoms with van der Waals surface area (Å²) in [7, 11) is 0. The van der Waals surface area contributed by atoms with Gasteiger partial charge < -0.3 is 10.5 Å². The molecule has 2 nitrogen and oxygen atoms in total. The second kappa shape index (κ2) is 7.01. The van der Waals surface area contributed by atoms with Gasteiger partial charge in [0.1, 0.15) is 5.75 Å². The van der Waals surface area contributed by atoms with Crippen LogP contribution < -0.4 is 10.5 Å². The Morgan fingerprint density at radius 1 is 1.22 bits per heavy atom. The number of hydrogen-bond donors (Lipinski definition) is 1. The molecule has 18 heavy (non-hydrogen) atoms. The minimum Gasteiger partial charge on any atom is -0.494 e. The Morgan fingerprint density at radius 2 is 1.89 bits per heavy atom. The van der Waals surface area contributed by atoms with Crippen molar-refractivity contribution in [2.24, 2.45) is 5.73 Å². The molecular weight excluding hydrogens is 246 g/mol. The van der Waals surface area contributed by atoms with Gasteiger partial charge in [-0.2, -0.15) is 0 Å². The van der Waals surface area contributed by atoms with E-state index < -0.39 is 0 Å². The van der Waals surface area contributed by atoms with Gasteiger partial charge in [-0.1, -0.05) is 13.0 Å². The molecule has 1 aliphatic rings. The van der Waals surface area contributed by atoms with Gasteiger partial charge >= 0.3 is 0 Å². The topological polar surface area (TPSA) is 35.2 Å². The zero-order valence-corrected chi connectivity index (χ0v) is 12.2. The second-order valence-electron chi connectivity index (χ2n) is 4.89. The highest BCUT2D eigenvalue weighted by molar-refractivity contribution is 5.85. The molecule has 1 aromatic rings. The van der Waals surface area contributed by atoms with Crippen LogP contribution in [0.15, 0.2) is 12.1 Å². The summed E-state index contributed by atoms with van der Waals surface area (Å²) >= 11 is 0. The lowest BCUT2D eigenvalue weighted by Gasteiger charge is -2.15. The summed E-state index contributed by atoms with van der Waals surface area (Å²) in [6, 6.07) is 4.81. The van der Waals surface area contributed by atoms with Gasteiger partial charge in [-0.15, -0.1) is 12.4 Å². The zero-order valence-electron chi connectivity index (χ0n) is 11.4. The monoisotopic (exact) mass is 269 g/mol. The minimum atomic E-state index is 0. The lowest BCUT2D eigenvalue weighted by molar-refractivity contribution is 0.335. The van der Waals surface area contributed by atoms with Crippen LogP contribution in [0.5, 0.6) is 5.75 Å². The summed E-state index contributed by atoms with van der Waals surface area (Å²) in [6.45, 7) is 4.91. The van der Waals surface area contributed by atoms with E-state index in [0.29, 0.717) is 0 Å². The SMILES string of the molecule is CCOc1cc2c(cc1CC(N)CC)CCC2.Cl. The van der Waals surface area contributed by atoms with Crippen LogP contribution in [0.4, 0.5) is 0 Å². The normalized spacial score (nSPS) is 14.8. The molecule has 1 unspecified atom stereocenters. The molecule has 2 rings (SSSR count). The Labute approximate surface area is 116 Å². The minimum absolute atomic E-state index is 0. The van der Waals surface area contributed by atoms with E-state index in [1.165, 1.54) is 36.0 Å². The first kappa shape index (κ1) is 15.3. The van der Waals surface area contributed by atoms with Crippen molar-refractivity contribution in [3.63, 3.8) is 0 Å². The van der Waals surface area contributed by atoms with Crippen LogP contribution in [0.1, 0.15) is 43.4 Å². The van der Waals surface area contributed by atoms with Crippen LogP contribution in [0.2, 0.25) is 0 Å². The van der Waals surface area contributed by atoms with Gasteiger partial charge in [0.2, 0.25) is 0 Å².